The van der Waals surface area contributed by atoms with Gasteiger partial charge in [-0.1, -0.05) is 12.1 Å². The van der Waals surface area contributed by atoms with Crippen LogP contribution in [0.4, 0.5) is 0 Å². The van der Waals surface area contributed by atoms with E-state index in [0.717, 1.165) is 0 Å². The van der Waals surface area contributed by atoms with Gasteiger partial charge in [-0.25, -0.2) is 9.59 Å². The molecular weight excluding hydrogens is 552 g/mol. The van der Waals surface area contributed by atoms with E-state index in [4.69, 9.17) is 18.9 Å². The summed E-state index contributed by atoms with van der Waals surface area (Å²) in [6.45, 7) is 0. The van der Waals surface area contributed by atoms with E-state index in [2.05, 4.69) is 0 Å². The SMILES string of the molecule is COc1cc(C=C(Oc2cc3c(cc2OC)C=C(C(=O)O)C(C(=O)O)C3c2ccc(O)c(OC)c2)C(=O)O)ccc1O. The number of fused-ring (bicyclic) bond motifs is 1. The fraction of sp³-hybridized carbons (Fsp3) is 0.167. The van der Waals surface area contributed by atoms with Gasteiger partial charge in [0.2, 0.25) is 5.76 Å². The maximum atomic E-state index is 12.5. The number of carboxylic acids is 3. The summed E-state index contributed by atoms with van der Waals surface area (Å²) in [5.41, 5.74) is 0.844. The van der Waals surface area contributed by atoms with Crippen LogP contribution in [0.15, 0.2) is 59.9 Å². The standard InChI is InChI=1S/C30H26O12/c1-39-21-8-14(4-6-19(21)31)9-25(29(35)36)42-24-13-17-16(12-23(24)41-3)10-18(28(33)34)27(30(37)38)26(17)15-5-7-20(32)22(11-15)40-2/h4-13,26-27,31-32H,1-3H3,(H,33,34)(H,35,36)(H,37,38). The summed E-state index contributed by atoms with van der Waals surface area (Å²) < 4.78 is 21.4. The maximum absolute atomic E-state index is 12.5. The van der Waals surface area contributed by atoms with Crippen molar-refractivity contribution in [2.24, 2.45) is 5.92 Å². The van der Waals surface area contributed by atoms with Crippen LogP contribution in [-0.2, 0) is 14.4 Å². The molecule has 42 heavy (non-hydrogen) atoms. The minimum atomic E-state index is -1.57. The van der Waals surface area contributed by atoms with E-state index in [-0.39, 0.29) is 34.5 Å². The summed E-state index contributed by atoms with van der Waals surface area (Å²) >= 11 is 0. The largest absolute Gasteiger partial charge is 0.504 e. The quantitative estimate of drug-likeness (QED) is 0.172. The molecule has 1 aliphatic carbocycles. The molecule has 2 atom stereocenters. The average molecular weight is 579 g/mol. The number of carbonyl (C=O) groups is 3. The number of ether oxygens (including phenoxy) is 4. The van der Waals surface area contributed by atoms with Crippen molar-refractivity contribution in [3.8, 4) is 34.5 Å². The Morgan fingerprint density at radius 3 is 1.95 bits per heavy atom. The summed E-state index contributed by atoms with van der Waals surface area (Å²) in [5, 5.41) is 49.9. The molecule has 5 N–H and O–H groups in total. The van der Waals surface area contributed by atoms with Gasteiger partial charge in [0.15, 0.2) is 34.5 Å². The highest BCUT2D eigenvalue weighted by Crippen LogP contribution is 2.48. The predicted octanol–water partition coefficient (Wildman–Crippen LogP) is 3.94. The van der Waals surface area contributed by atoms with Crippen molar-refractivity contribution in [1.29, 1.82) is 0 Å². The monoisotopic (exact) mass is 578 g/mol. The molecule has 0 radical (unpaired) electrons. The fourth-order valence-corrected chi connectivity index (χ4v) is 4.76. The first-order valence-electron chi connectivity index (χ1n) is 12.2. The van der Waals surface area contributed by atoms with E-state index in [9.17, 15) is 39.9 Å². The Morgan fingerprint density at radius 1 is 0.762 bits per heavy atom. The topological polar surface area (TPSA) is 189 Å². The van der Waals surface area contributed by atoms with Crippen molar-refractivity contribution in [2.75, 3.05) is 21.3 Å². The predicted molar refractivity (Wildman–Crippen MR) is 147 cm³/mol. The van der Waals surface area contributed by atoms with Gasteiger partial charge < -0.3 is 44.5 Å². The number of hydrogen-bond donors (Lipinski definition) is 5. The molecule has 218 valence electrons. The van der Waals surface area contributed by atoms with E-state index >= 15 is 0 Å². The van der Waals surface area contributed by atoms with Crippen molar-refractivity contribution >= 4 is 30.1 Å². The van der Waals surface area contributed by atoms with Gasteiger partial charge in [0.1, 0.15) is 0 Å². The molecule has 1 aliphatic rings. The highest BCUT2D eigenvalue weighted by molar-refractivity contribution is 6.01. The van der Waals surface area contributed by atoms with Crippen molar-refractivity contribution in [3.05, 3.63) is 82.1 Å². The first-order chi connectivity index (χ1) is 20.0. The number of phenolic OH excluding ortho intramolecular Hbond substituents is 2. The van der Waals surface area contributed by atoms with Gasteiger partial charge in [-0.05, 0) is 70.8 Å². The van der Waals surface area contributed by atoms with E-state index in [1.165, 1.54) is 82.0 Å². The molecular formula is C30H26O12. The molecule has 3 aromatic rings. The molecule has 4 rings (SSSR count). The Bertz CT molecular complexity index is 1640. The van der Waals surface area contributed by atoms with Crippen LogP contribution < -0.4 is 18.9 Å². The summed E-state index contributed by atoms with van der Waals surface area (Å²) in [4.78, 5) is 36.8. The van der Waals surface area contributed by atoms with Gasteiger partial charge >= 0.3 is 17.9 Å². The van der Waals surface area contributed by atoms with Crippen LogP contribution in [0.25, 0.3) is 12.2 Å². The van der Waals surface area contributed by atoms with Crippen molar-refractivity contribution < 1.29 is 58.9 Å². The lowest BCUT2D eigenvalue weighted by Crippen LogP contribution is -2.31. The number of aromatic hydroxyl groups is 2. The molecule has 0 saturated heterocycles. The Morgan fingerprint density at radius 2 is 1.38 bits per heavy atom. The van der Waals surface area contributed by atoms with Gasteiger partial charge in [0, 0.05) is 5.92 Å². The van der Waals surface area contributed by atoms with Gasteiger partial charge in [-0.3, -0.25) is 4.79 Å². The third-order valence-electron chi connectivity index (χ3n) is 6.69. The lowest BCUT2D eigenvalue weighted by molar-refractivity contribution is -0.144. The molecule has 3 aromatic carbocycles. The molecule has 2 unspecified atom stereocenters. The highest BCUT2D eigenvalue weighted by Gasteiger charge is 2.41. The molecule has 12 heteroatoms. The Hall–Kier alpha value is -5.65. The van der Waals surface area contributed by atoms with Crippen LogP contribution in [0, 0.1) is 5.92 Å². The van der Waals surface area contributed by atoms with Gasteiger partial charge in [0.25, 0.3) is 0 Å². The number of phenols is 2. The van der Waals surface area contributed by atoms with Crippen molar-refractivity contribution in [2.45, 2.75) is 5.92 Å². The Labute approximate surface area is 238 Å². The number of carboxylic acid groups (broad SMARTS) is 3. The Balaban J connectivity index is 1.92. The first kappa shape index (κ1) is 29.3. The maximum Gasteiger partial charge on any atom is 0.371 e. The molecule has 0 spiro atoms. The summed E-state index contributed by atoms with van der Waals surface area (Å²) in [7, 11) is 3.95. The second-order valence-electron chi connectivity index (χ2n) is 9.11. The molecule has 0 aromatic heterocycles. The second-order valence-corrected chi connectivity index (χ2v) is 9.11. The van der Waals surface area contributed by atoms with Gasteiger partial charge in [-0.2, -0.15) is 0 Å². The number of benzene rings is 3. The van der Waals surface area contributed by atoms with Crippen LogP contribution in [-0.4, -0.2) is 64.8 Å². The van der Waals surface area contributed by atoms with Crippen LogP contribution in [0.3, 0.4) is 0 Å². The second kappa shape index (κ2) is 11.8. The molecule has 0 amide bonds. The molecule has 0 bridgehead atoms. The third-order valence-corrected chi connectivity index (χ3v) is 6.69. The highest BCUT2D eigenvalue weighted by atomic mass is 16.5. The van der Waals surface area contributed by atoms with Gasteiger partial charge in [-0.15, -0.1) is 0 Å². The molecule has 0 aliphatic heterocycles. The van der Waals surface area contributed by atoms with Crippen LogP contribution in [0.2, 0.25) is 0 Å². The smallest absolute Gasteiger partial charge is 0.371 e. The zero-order valence-electron chi connectivity index (χ0n) is 22.5. The molecule has 0 fully saturated rings. The lowest BCUT2D eigenvalue weighted by Gasteiger charge is -2.31. The van der Waals surface area contributed by atoms with E-state index in [1.807, 2.05) is 0 Å². The van der Waals surface area contributed by atoms with E-state index in [1.54, 1.807) is 0 Å². The minimum Gasteiger partial charge on any atom is -0.504 e. The summed E-state index contributed by atoms with van der Waals surface area (Å²) in [6, 6.07) is 11.1. The van der Waals surface area contributed by atoms with Gasteiger partial charge in [0.05, 0.1) is 32.8 Å². The zero-order valence-corrected chi connectivity index (χ0v) is 22.5. The number of methoxy groups -OCH3 is 3. The number of aliphatic carboxylic acids is 3. The Kier molecular flexibility index (Phi) is 8.27. The first-order valence-corrected chi connectivity index (χ1v) is 12.2. The molecule has 12 nitrogen and oxygen atoms in total. The van der Waals surface area contributed by atoms with Crippen molar-refractivity contribution in [3.63, 3.8) is 0 Å². The van der Waals surface area contributed by atoms with E-state index < -0.39 is 41.1 Å². The zero-order chi connectivity index (χ0) is 30.7. The van der Waals surface area contributed by atoms with E-state index in [0.29, 0.717) is 22.3 Å². The van der Waals surface area contributed by atoms with Crippen LogP contribution in [0.1, 0.15) is 28.2 Å². The van der Waals surface area contributed by atoms with Crippen LogP contribution >= 0.6 is 0 Å². The minimum absolute atomic E-state index is 0.0371. The average Bonchev–Trinajstić information content (AvgIpc) is 2.96. The van der Waals surface area contributed by atoms with Crippen molar-refractivity contribution in [1.82, 2.24) is 0 Å². The number of rotatable bonds is 10. The third kappa shape index (κ3) is 5.63. The molecule has 0 saturated carbocycles. The summed E-state index contributed by atoms with van der Waals surface area (Å²) in [5.74, 6) is -7.80. The lowest BCUT2D eigenvalue weighted by atomic mass is 9.71. The number of hydrogen-bond acceptors (Lipinski definition) is 9. The van der Waals surface area contributed by atoms with Crippen LogP contribution in [0.5, 0.6) is 34.5 Å². The molecule has 0 heterocycles. The summed E-state index contributed by atoms with van der Waals surface area (Å²) in [6.07, 6.45) is 2.40. The normalized spacial score (nSPS) is 16.1. The fourth-order valence-electron chi connectivity index (χ4n) is 4.76.